The normalized spacial score (nSPS) is 15.3. The first-order valence-electron chi connectivity index (χ1n) is 11.7. The topological polar surface area (TPSA) is 191 Å². The van der Waals surface area contributed by atoms with Crippen molar-refractivity contribution in [1.82, 2.24) is 16.0 Å². The lowest BCUT2D eigenvalue weighted by Gasteiger charge is -2.26. The van der Waals surface area contributed by atoms with Gasteiger partial charge in [0.2, 0.25) is 17.7 Å². The number of benzene rings is 1. The summed E-state index contributed by atoms with van der Waals surface area (Å²) in [6, 6.07) is 1.46. The van der Waals surface area contributed by atoms with E-state index in [0.717, 1.165) is 0 Å². The van der Waals surface area contributed by atoms with Crippen molar-refractivity contribution in [2.75, 3.05) is 12.0 Å². The molecule has 0 saturated heterocycles. The molecular weight excluding hydrogens is 488 g/mol. The molecule has 5 unspecified atom stereocenters. The van der Waals surface area contributed by atoms with E-state index in [-0.39, 0.29) is 30.9 Å². The van der Waals surface area contributed by atoms with Crippen molar-refractivity contribution in [2.45, 2.75) is 70.3 Å². The van der Waals surface area contributed by atoms with Gasteiger partial charge in [0.15, 0.2) is 0 Å². The predicted molar refractivity (Wildman–Crippen MR) is 137 cm³/mol. The van der Waals surface area contributed by atoms with Gasteiger partial charge < -0.3 is 37.0 Å². The van der Waals surface area contributed by atoms with Gasteiger partial charge in [-0.1, -0.05) is 26.0 Å². The lowest BCUT2D eigenvalue weighted by molar-refractivity contribution is -0.142. The number of carbonyl (C=O) groups excluding carboxylic acids is 3. The number of carboxylic acid groups (broad SMARTS) is 1. The third kappa shape index (κ3) is 10.8. The summed E-state index contributed by atoms with van der Waals surface area (Å²) in [5.74, 6) is -2.71. The summed E-state index contributed by atoms with van der Waals surface area (Å²) in [7, 11) is 0. The van der Waals surface area contributed by atoms with E-state index in [1.807, 2.05) is 20.1 Å². The Kier molecular flexibility index (Phi) is 13.3. The number of rotatable bonds is 15. The second kappa shape index (κ2) is 15.3. The fraction of sp³-hybridized carbons (Fsp3) is 0.583. The van der Waals surface area contributed by atoms with E-state index in [2.05, 4.69) is 16.0 Å². The first-order chi connectivity index (χ1) is 16.8. The second-order valence-electron chi connectivity index (χ2n) is 9.07. The van der Waals surface area contributed by atoms with Crippen LogP contribution in [-0.4, -0.2) is 81.3 Å². The lowest BCUT2D eigenvalue weighted by Crippen LogP contribution is -2.58. The number of hydrogen-bond donors (Lipinski definition) is 7. The summed E-state index contributed by atoms with van der Waals surface area (Å²) in [5, 5.41) is 36.3. The highest BCUT2D eigenvalue weighted by Gasteiger charge is 2.31. The monoisotopic (exact) mass is 526 g/mol. The molecule has 0 fully saturated rings. The van der Waals surface area contributed by atoms with Crippen LogP contribution >= 0.6 is 11.8 Å². The van der Waals surface area contributed by atoms with Gasteiger partial charge in [-0.25, -0.2) is 4.79 Å². The van der Waals surface area contributed by atoms with Crippen LogP contribution in [0.4, 0.5) is 0 Å². The molecule has 0 radical (unpaired) electrons. The van der Waals surface area contributed by atoms with Gasteiger partial charge in [-0.2, -0.15) is 11.8 Å². The number of aliphatic carboxylic acids is 1. The van der Waals surface area contributed by atoms with Crippen LogP contribution in [0.25, 0.3) is 0 Å². The van der Waals surface area contributed by atoms with E-state index >= 15 is 0 Å². The van der Waals surface area contributed by atoms with Crippen LogP contribution < -0.4 is 21.7 Å². The number of aliphatic hydroxyl groups excluding tert-OH is 1. The molecule has 1 aromatic rings. The number of phenolic OH excluding ortho intramolecular Hbond substituents is 1. The maximum Gasteiger partial charge on any atom is 0.326 e. The van der Waals surface area contributed by atoms with Gasteiger partial charge in [0.05, 0.1) is 6.10 Å². The highest BCUT2D eigenvalue weighted by molar-refractivity contribution is 7.98. The molecule has 0 spiro atoms. The van der Waals surface area contributed by atoms with Crippen molar-refractivity contribution in [1.29, 1.82) is 0 Å². The largest absolute Gasteiger partial charge is 0.508 e. The summed E-state index contributed by atoms with van der Waals surface area (Å²) in [5.41, 5.74) is 6.31. The average molecular weight is 527 g/mol. The van der Waals surface area contributed by atoms with Gasteiger partial charge in [-0.05, 0) is 55.4 Å². The molecule has 0 aromatic heterocycles. The summed E-state index contributed by atoms with van der Waals surface area (Å²) in [6.07, 6.45) is 1.15. The van der Waals surface area contributed by atoms with Gasteiger partial charge in [0, 0.05) is 6.42 Å². The summed E-state index contributed by atoms with van der Waals surface area (Å²) in [4.78, 5) is 50.3. The molecule has 1 rings (SSSR count). The fourth-order valence-corrected chi connectivity index (χ4v) is 3.78. The number of hydrogen-bond acceptors (Lipinski definition) is 8. The molecule has 0 saturated carbocycles. The van der Waals surface area contributed by atoms with Crippen LogP contribution in [0, 0.1) is 5.92 Å². The number of phenols is 1. The first-order valence-corrected chi connectivity index (χ1v) is 13.1. The van der Waals surface area contributed by atoms with Gasteiger partial charge in [0.1, 0.15) is 29.9 Å². The van der Waals surface area contributed by atoms with Crippen LogP contribution in [0.3, 0.4) is 0 Å². The number of carboxylic acids is 1. The molecule has 0 heterocycles. The Labute approximate surface area is 215 Å². The van der Waals surface area contributed by atoms with Gasteiger partial charge in [0.25, 0.3) is 0 Å². The van der Waals surface area contributed by atoms with Crippen molar-refractivity contribution < 1.29 is 34.5 Å². The molecule has 1 aromatic carbocycles. The van der Waals surface area contributed by atoms with Crippen molar-refractivity contribution in [3.8, 4) is 5.75 Å². The number of thioether (sulfide) groups is 1. The molecule has 12 heteroatoms. The zero-order valence-corrected chi connectivity index (χ0v) is 21.9. The van der Waals surface area contributed by atoms with E-state index in [1.54, 1.807) is 12.1 Å². The molecule has 3 amide bonds. The number of amides is 3. The molecule has 36 heavy (non-hydrogen) atoms. The maximum atomic E-state index is 13.2. The zero-order valence-electron chi connectivity index (χ0n) is 21.1. The molecule has 0 aliphatic carbocycles. The quantitative estimate of drug-likeness (QED) is 0.165. The molecule has 0 bridgehead atoms. The molecule has 202 valence electrons. The molecule has 0 aliphatic heterocycles. The minimum atomic E-state index is -1.24. The van der Waals surface area contributed by atoms with Gasteiger partial charge in [-0.3, -0.25) is 14.4 Å². The van der Waals surface area contributed by atoms with Crippen molar-refractivity contribution in [2.24, 2.45) is 11.7 Å². The minimum Gasteiger partial charge on any atom is -0.508 e. The number of nitrogens with two attached hydrogens (primary N) is 1. The van der Waals surface area contributed by atoms with E-state index in [0.29, 0.717) is 11.3 Å². The first kappa shape index (κ1) is 31.2. The summed E-state index contributed by atoms with van der Waals surface area (Å²) < 4.78 is 0. The van der Waals surface area contributed by atoms with Crippen molar-refractivity contribution >= 4 is 35.5 Å². The average Bonchev–Trinajstić information content (AvgIpc) is 2.80. The molecule has 11 nitrogen and oxygen atoms in total. The van der Waals surface area contributed by atoms with E-state index in [4.69, 9.17) is 5.73 Å². The highest BCUT2D eigenvalue weighted by Crippen LogP contribution is 2.13. The predicted octanol–water partition coefficient (Wildman–Crippen LogP) is -0.0190. The van der Waals surface area contributed by atoms with Gasteiger partial charge in [-0.15, -0.1) is 0 Å². The van der Waals surface area contributed by atoms with Gasteiger partial charge >= 0.3 is 5.97 Å². The van der Waals surface area contributed by atoms with Crippen molar-refractivity contribution in [3.63, 3.8) is 0 Å². The third-order valence-electron chi connectivity index (χ3n) is 5.40. The Morgan fingerprint density at radius 3 is 1.94 bits per heavy atom. The third-order valence-corrected chi connectivity index (χ3v) is 6.04. The Morgan fingerprint density at radius 1 is 0.917 bits per heavy atom. The standard InChI is InChI=1S/C24H38N4O7S/c1-13(2)11-18(28-23(33)20(25)14(3)29)21(31)27-19(12-15-5-7-16(30)8-6-15)22(32)26-17(24(34)35)9-10-36-4/h5-8,13-14,17-20,29-30H,9-12,25H2,1-4H3,(H,26,32)(H,27,31)(H,28,33)(H,34,35). The fourth-order valence-electron chi connectivity index (χ4n) is 3.30. The summed E-state index contributed by atoms with van der Waals surface area (Å²) >= 11 is 1.44. The van der Waals surface area contributed by atoms with Crippen molar-refractivity contribution in [3.05, 3.63) is 29.8 Å². The number of aromatic hydroxyl groups is 1. The number of nitrogens with one attached hydrogen (secondary N) is 3. The smallest absolute Gasteiger partial charge is 0.326 e. The molecular formula is C24H38N4O7S. The Morgan fingerprint density at radius 2 is 1.44 bits per heavy atom. The van der Waals surface area contributed by atoms with Crippen LogP contribution in [-0.2, 0) is 25.6 Å². The summed E-state index contributed by atoms with van der Waals surface area (Å²) in [6.45, 7) is 5.06. The Bertz CT molecular complexity index is 880. The lowest BCUT2D eigenvalue weighted by atomic mass is 10.00. The molecule has 5 atom stereocenters. The zero-order chi connectivity index (χ0) is 27.4. The van der Waals surface area contributed by atoms with Crippen LogP contribution in [0.2, 0.25) is 0 Å². The molecule has 8 N–H and O–H groups in total. The Balaban J connectivity index is 3.15. The van der Waals surface area contributed by atoms with Crippen LogP contribution in [0.15, 0.2) is 24.3 Å². The van der Waals surface area contributed by atoms with E-state index < -0.39 is 54.0 Å². The SMILES string of the molecule is CSCCC(NC(=O)C(Cc1ccc(O)cc1)NC(=O)C(CC(C)C)NC(=O)C(N)C(C)O)C(=O)O. The van der Waals surface area contributed by atoms with E-state index in [1.165, 1.54) is 30.8 Å². The number of carbonyl (C=O) groups is 4. The maximum absolute atomic E-state index is 13.2. The minimum absolute atomic E-state index is 0.00358. The molecule has 0 aliphatic rings. The Hall–Kier alpha value is -2.83. The second-order valence-corrected chi connectivity index (χ2v) is 10.1. The van der Waals surface area contributed by atoms with E-state index in [9.17, 15) is 34.5 Å². The van der Waals surface area contributed by atoms with Crippen LogP contribution in [0.5, 0.6) is 5.75 Å². The van der Waals surface area contributed by atoms with Crippen LogP contribution in [0.1, 0.15) is 39.2 Å². The number of aliphatic hydroxyl groups is 1. The highest BCUT2D eigenvalue weighted by atomic mass is 32.2.